The van der Waals surface area contributed by atoms with Crippen molar-refractivity contribution in [2.24, 2.45) is 5.92 Å². The number of ether oxygens (including phenoxy) is 1. The normalized spacial score (nSPS) is 15.1. The maximum absolute atomic E-state index is 13.4. The Hall–Kier alpha value is -2.61. The molecule has 0 bridgehead atoms. The van der Waals surface area contributed by atoms with Crippen molar-refractivity contribution in [1.82, 2.24) is 15.2 Å². The Balaban J connectivity index is 1.62. The number of nitrogens with one attached hydrogen (secondary N) is 1. The first-order valence-corrected chi connectivity index (χ1v) is 10.3. The fourth-order valence-electron chi connectivity index (χ4n) is 3.74. The van der Waals surface area contributed by atoms with Crippen LogP contribution >= 0.6 is 0 Å². The van der Waals surface area contributed by atoms with Crippen LogP contribution < -0.4 is 10.1 Å². The number of likely N-dealkylation sites (tertiary alicyclic amines) is 1. The van der Waals surface area contributed by atoms with Gasteiger partial charge in [0.15, 0.2) is 0 Å². The Morgan fingerprint density at radius 1 is 1.29 bits per heavy atom. The fraction of sp³-hybridized carbons (Fsp3) is 0.478. The van der Waals surface area contributed by atoms with Crippen LogP contribution in [0.1, 0.15) is 47.7 Å². The van der Waals surface area contributed by atoms with Crippen LogP contribution in [0.2, 0.25) is 0 Å². The number of rotatable bonds is 7. The van der Waals surface area contributed by atoms with E-state index in [0.717, 1.165) is 36.8 Å². The Bertz CT molecular complexity index is 938. The Morgan fingerprint density at radius 3 is 2.58 bits per heavy atom. The molecular weight excluding hydrogens is 407 g/mol. The molecule has 0 atom stereocenters. The van der Waals surface area contributed by atoms with Gasteiger partial charge < -0.3 is 10.1 Å². The van der Waals surface area contributed by atoms with Crippen molar-refractivity contribution in [3.63, 3.8) is 0 Å². The number of nitrogens with zero attached hydrogens (tertiary/aromatic N) is 2. The number of carbonyl (C=O) groups is 1. The molecule has 1 saturated heterocycles. The van der Waals surface area contributed by atoms with Gasteiger partial charge in [-0.15, -0.1) is 0 Å². The second-order valence-corrected chi connectivity index (χ2v) is 8.31. The molecule has 3 rings (SSSR count). The van der Waals surface area contributed by atoms with Crippen molar-refractivity contribution in [1.29, 1.82) is 0 Å². The molecule has 1 aliphatic rings. The van der Waals surface area contributed by atoms with E-state index in [-0.39, 0.29) is 35.6 Å². The second kappa shape index (κ2) is 9.26. The number of aryl methyl sites for hydroxylation is 1. The molecule has 0 saturated carbocycles. The van der Waals surface area contributed by atoms with Gasteiger partial charge in [0.25, 0.3) is 0 Å². The smallest absolute Gasteiger partial charge is 0.416 e. The molecule has 8 heteroatoms. The minimum atomic E-state index is -4.43. The first-order valence-electron chi connectivity index (χ1n) is 10.3. The highest BCUT2D eigenvalue weighted by Crippen LogP contribution is 2.35. The van der Waals surface area contributed by atoms with Crippen LogP contribution in [-0.4, -0.2) is 35.9 Å². The standard InChI is InChI=1S/C23H28F3N3O2/c1-14(2)19-9-28-18(8-20(19)23(24,25)26)13-31-21-6-5-16(7-15(21)3)10-29-11-17(12-29)22(30)27-4/h5-9,14,17H,10-13H2,1-4H3,(H,27,30). The van der Waals surface area contributed by atoms with Crippen molar-refractivity contribution in [2.75, 3.05) is 20.1 Å². The largest absolute Gasteiger partial charge is 0.487 e. The highest BCUT2D eigenvalue weighted by Gasteiger charge is 2.34. The van der Waals surface area contributed by atoms with Crippen LogP contribution in [0.3, 0.4) is 0 Å². The molecule has 0 radical (unpaired) electrons. The predicted octanol–water partition coefficient (Wildman–Crippen LogP) is 4.29. The third kappa shape index (κ3) is 5.55. The number of hydrogen-bond donors (Lipinski definition) is 1. The van der Waals surface area contributed by atoms with Crippen LogP contribution in [0.15, 0.2) is 30.5 Å². The van der Waals surface area contributed by atoms with Gasteiger partial charge in [-0.3, -0.25) is 14.7 Å². The zero-order valence-corrected chi connectivity index (χ0v) is 18.2. The summed E-state index contributed by atoms with van der Waals surface area (Å²) in [7, 11) is 1.64. The van der Waals surface area contributed by atoms with E-state index in [4.69, 9.17) is 4.74 Å². The number of aromatic nitrogens is 1. The minimum Gasteiger partial charge on any atom is -0.487 e. The molecule has 5 nitrogen and oxygen atoms in total. The van der Waals surface area contributed by atoms with Crippen molar-refractivity contribution in [3.05, 3.63) is 58.4 Å². The molecule has 0 aliphatic carbocycles. The summed E-state index contributed by atoms with van der Waals surface area (Å²) in [5, 5.41) is 2.67. The first-order chi connectivity index (χ1) is 14.6. The summed E-state index contributed by atoms with van der Waals surface area (Å²) >= 11 is 0. The lowest BCUT2D eigenvalue weighted by Crippen LogP contribution is -2.52. The van der Waals surface area contributed by atoms with E-state index in [9.17, 15) is 18.0 Å². The van der Waals surface area contributed by atoms with E-state index in [2.05, 4.69) is 15.2 Å². The van der Waals surface area contributed by atoms with Gasteiger partial charge in [-0.05, 0) is 41.7 Å². The third-order valence-corrected chi connectivity index (χ3v) is 5.51. The van der Waals surface area contributed by atoms with Crippen molar-refractivity contribution >= 4 is 5.91 Å². The number of alkyl halides is 3. The number of amides is 1. The molecule has 2 aromatic rings. The van der Waals surface area contributed by atoms with Gasteiger partial charge in [0.2, 0.25) is 5.91 Å². The molecule has 0 unspecified atom stereocenters. The van der Waals surface area contributed by atoms with Crippen LogP contribution in [0, 0.1) is 12.8 Å². The summed E-state index contributed by atoms with van der Waals surface area (Å²) in [5.41, 5.74) is 1.75. The zero-order valence-electron chi connectivity index (χ0n) is 18.2. The van der Waals surface area contributed by atoms with Gasteiger partial charge >= 0.3 is 6.18 Å². The molecule has 2 heterocycles. The van der Waals surface area contributed by atoms with Crippen LogP contribution in [0.5, 0.6) is 5.75 Å². The summed E-state index contributed by atoms with van der Waals surface area (Å²) in [4.78, 5) is 17.9. The SMILES string of the molecule is CNC(=O)C1CN(Cc2ccc(OCc3cc(C(F)(F)F)c(C(C)C)cn3)c(C)c2)C1. The zero-order chi connectivity index (χ0) is 22.8. The molecule has 1 amide bonds. The third-order valence-electron chi connectivity index (χ3n) is 5.51. The van der Waals surface area contributed by atoms with Crippen LogP contribution in [0.25, 0.3) is 0 Å². The predicted molar refractivity (Wildman–Crippen MR) is 112 cm³/mol. The topological polar surface area (TPSA) is 54.5 Å². The second-order valence-electron chi connectivity index (χ2n) is 8.31. The molecule has 1 fully saturated rings. The lowest BCUT2D eigenvalue weighted by molar-refractivity contribution is -0.138. The minimum absolute atomic E-state index is 0.0401. The summed E-state index contributed by atoms with van der Waals surface area (Å²) in [6, 6.07) is 6.84. The highest BCUT2D eigenvalue weighted by atomic mass is 19.4. The Labute approximate surface area is 180 Å². The van der Waals surface area contributed by atoms with Gasteiger partial charge in [0.1, 0.15) is 12.4 Å². The highest BCUT2D eigenvalue weighted by molar-refractivity contribution is 5.79. The maximum Gasteiger partial charge on any atom is 0.416 e. The molecular formula is C23H28F3N3O2. The molecule has 0 spiro atoms. The summed E-state index contributed by atoms with van der Waals surface area (Å²) in [5.74, 6) is 0.454. The van der Waals surface area contributed by atoms with Crippen molar-refractivity contribution in [2.45, 2.75) is 46.0 Å². The number of pyridine rings is 1. The van der Waals surface area contributed by atoms with E-state index >= 15 is 0 Å². The summed E-state index contributed by atoms with van der Waals surface area (Å²) < 4.78 is 45.9. The van der Waals surface area contributed by atoms with Gasteiger partial charge in [-0.1, -0.05) is 26.0 Å². The van der Waals surface area contributed by atoms with E-state index in [1.165, 1.54) is 6.20 Å². The van der Waals surface area contributed by atoms with Gasteiger partial charge in [0.05, 0.1) is 17.2 Å². The van der Waals surface area contributed by atoms with Gasteiger partial charge in [0, 0.05) is 32.9 Å². The number of halogens is 3. The molecule has 1 aliphatic heterocycles. The Kier molecular flexibility index (Phi) is 6.89. The maximum atomic E-state index is 13.4. The summed E-state index contributed by atoms with van der Waals surface area (Å²) in [6.45, 7) is 7.49. The van der Waals surface area contributed by atoms with Gasteiger partial charge in [-0.2, -0.15) is 13.2 Å². The van der Waals surface area contributed by atoms with Gasteiger partial charge in [-0.25, -0.2) is 0 Å². The van der Waals surface area contributed by atoms with E-state index < -0.39 is 11.7 Å². The number of benzene rings is 1. The summed E-state index contributed by atoms with van der Waals surface area (Å²) in [6.07, 6.45) is -3.14. The quantitative estimate of drug-likeness (QED) is 0.705. The monoisotopic (exact) mass is 435 g/mol. The number of hydrogen-bond acceptors (Lipinski definition) is 4. The number of carbonyl (C=O) groups excluding carboxylic acids is 1. The molecule has 1 aromatic heterocycles. The van der Waals surface area contributed by atoms with Crippen LogP contribution in [0.4, 0.5) is 13.2 Å². The molecule has 31 heavy (non-hydrogen) atoms. The fourth-order valence-corrected chi connectivity index (χ4v) is 3.74. The lowest BCUT2D eigenvalue weighted by atomic mass is 9.98. The molecule has 1 aromatic carbocycles. The lowest BCUT2D eigenvalue weighted by Gasteiger charge is -2.38. The van der Waals surface area contributed by atoms with Crippen LogP contribution in [-0.2, 0) is 24.1 Å². The van der Waals surface area contributed by atoms with E-state index in [1.807, 2.05) is 25.1 Å². The first kappa shape index (κ1) is 23.1. The van der Waals surface area contributed by atoms with E-state index in [1.54, 1.807) is 20.9 Å². The molecule has 1 N–H and O–H groups in total. The van der Waals surface area contributed by atoms with E-state index in [0.29, 0.717) is 5.75 Å². The van der Waals surface area contributed by atoms with Crippen molar-refractivity contribution < 1.29 is 22.7 Å². The Morgan fingerprint density at radius 2 is 2.00 bits per heavy atom. The molecule has 168 valence electrons. The average Bonchev–Trinajstić information content (AvgIpc) is 2.68. The van der Waals surface area contributed by atoms with Crippen molar-refractivity contribution in [3.8, 4) is 5.75 Å². The average molecular weight is 435 g/mol.